The first-order valence-electron chi connectivity index (χ1n) is 8.40. The van der Waals surface area contributed by atoms with E-state index in [9.17, 15) is 9.59 Å². The van der Waals surface area contributed by atoms with E-state index in [2.05, 4.69) is 0 Å². The van der Waals surface area contributed by atoms with Crippen LogP contribution >= 0.6 is 0 Å². The number of carboxylic acids is 2. The summed E-state index contributed by atoms with van der Waals surface area (Å²) in [6.07, 6.45) is 15.4. The molecule has 0 radical (unpaired) electrons. The number of rotatable bonds is 4. The summed E-state index contributed by atoms with van der Waals surface area (Å²) in [6, 6.07) is 0.538. The molecule has 2 aliphatic carbocycles. The van der Waals surface area contributed by atoms with Crippen molar-refractivity contribution in [3.63, 3.8) is 0 Å². The van der Waals surface area contributed by atoms with Crippen molar-refractivity contribution in [2.45, 2.75) is 70.3 Å². The van der Waals surface area contributed by atoms with E-state index in [1.54, 1.807) is 0 Å². The van der Waals surface area contributed by atoms with Gasteiger partial charge in [-0.25, -0.2) is 9.59 Å². The Morgan fingerprint density at radius 2 is 1.09 bits per heavy atom. The summed E-state index contributed by atoms with van der Waals surface area (Å²) in [6.45, 7) is 0. The van der Waals surface area contributed by atoms with Crippen molar-refractivity contribution < 1.29 is 19.8 Å². The molecule has 5 heteroatoms. The zero-order valence-corrected chi connectivity index (χ0v) is 13.2. The molecule has 126 valence electrons. The summed E-state index contributed by atoms with van der Waals surface area (Å²) in [5, 5.41) is 15.6. The Balaban J connectivity index is 0.000000261. The molecule has 2 fully saturated rings. The zero-order valence-electron chi connectivity index (χ0n) is 13.2. The molecule has 5 nitrogen and oxygen atoms in total. The number of carbonyl (C=O) groups is 2. The summed E-state index contributed by atoms with van der Waals surface area (Å²) in [4.78, 5) is 19.1. The van der Waals surface area contributed by atoms with Crippen molar-refractivity contribution in [1.29, 1.82) is 0 Å². The van der Waals surface area contributed by atoms with Crippen LogP contribution in [0, 0.1) is 11.8 Å². The number of hydrogen-bond donors (Lipinski definition) is 3. The Morgan fingerprint density at radius 3 is 1.36 bits per heavy atom. The van der Waals surface area contributed by atoms with E-state index in [1.807, 2.05) is 0 Å². The average Bonchev–Trinajstić information content (AvgIpc) is 2.54. The van der Waals surface area contributed by atoms with Crippen molar-refractivity contribution in [3.8, 4) is 0 Å². The highest BCUT2D eigenvalue weighted by Gasteiger charge is 2.28. The van der Waals surface area contributed by atoms with Crippen LogP contribution in [0.3, 0.4) is 0 Å². The highest BCUT2D eigenvalue weighted by Crippen LogP contribution is 2.34. The molecule has 0 unspecified atom stereocenters. The van der Waals surface area contributed by atoms with E-state index >= 15 is 0 Å². The lowest BCUT2D eigenvalue weighted by Gasteiger charge is -2.35. The van der Waals surface area contributed by atoms with Gasteiger partial charge >= 0.3 is 11.9 Å². The van der Waals surface area contributed by atoms with E-state index in [-0.39, 0.29) is 0 Å². The normalized spacial score (nSPS) is 20.6. The molecule has 2 rings (SSSR count). The van der Waals surface area contributed by atoms with Crippen LogP contribution in [-0.4, -0.2) is 28.2 Å². The van der Waals surface area contributed by atoms with Crippen LogP contribution in [-0.2, 0) is 9.59 Å². The van der Waals surface area contributed by atoms with Crippen LogP contribution in [0.5, 0.6) is 0 Å². The van der Waals surface area contributed by atoms with Gasteiger partial charge in [0, 0.05) is 18.2 Å². The first-order valence-corrected chi connectivity index (χ1v) is 8.40. The van der Waals surface area contributed by atoms with Crippen LogP contribution in [0.15, 0.2) is 12.2 Å². The van der Waals surface area contributed by atoms with Crippen molar-refractivity contribution >= 4 is 11.9 Å². The Kier molecular flexibility index (Phi) is 8.82. The molecule has 0 aromatic carbocycles. The molecule has 2 aliphatic rings. The van der Waals surface area contributed by atoms with Gasteiger partial charge in [-0.15, -0.1) is 0 Å². The van der Waals surface area contributed by atoms with Crippen molar-refractivity contribution in [2.75, 3.05) is 0 Å². The van der Waals surface area contributed by atoms with Crippen LogP contribution in [0.1, 0.15) is 64.2 Å². The molecule has 4 N–H and O–H groups in total. The molecule has 2 saturated carbocycles. The van der Waals surface area contributed by atoms with E-state index in [1.165, 1.54) is 64.2 Å². The van der Waals surface area contributed by atoms with E-state index in [0.717, 1.165) is 11.8 Å². The first kappa shape index (κ1) is 18.7. The van der Waals surface area contributed by atoms with Gasteiger partial charge in [0.2, 0.25) is 0 Å². The quantitative estimate of drug-likeness (QED) is 0.692. The minimum Gasteiger partial charge on any atom is -0.478 e. The monoisotopic (exact) mass is 311 g/mol. The topological polar surface area (TPSA) is 101 Å². The van der Waals surface area contributed by atoms with E-state index in [0.29, 0.717) is 18.2 Å². The van der Waals surface area contributed by atoms with Crippen molar-refractivity contribution in [2.24, 2.45) is 17.6 Å². The second-order valence-corrected chi connectivity index (χ2v) is 6.38. The van der Waals surface area contributed by atoms with Crippen LogP contribution in [0.25, 0.3) is 0 Å². The predicted molar refractivity (Wildman–Crippen MR) is 85.5 cm³/mol. The highest BCUT2D eigenvalue weighted by molar-refractivity contribution is 5.89. The van der Waals surface area contributed by atoms with Crippen molar-refractivity contribution in [1.82, 2.24) is 0 Å². The maximum atomic E-state index is 9.55. The lowest BCUT2D eigenvalue weighted by molar-refractivity contribution is -0.134. The lowest BCUT2D eigenvalue weighted by atomic mass is 9.74. The van der Waals surface area contributed by atoms with Gasteiger partial charge < -0.3 is 15.9 Å². The molecule has 0 atom stereocenters. The fourth-order valence-corrected chi connectivity index (χ4v) is 3.57. The number of hydrogen-bond acceptors (Lipinski definition) is 3. The maximum Gasteiger partial charge on any atom is 0.328 e. The minimum atomic E-state index is -1.26. The van der Waals surface area contributed by atoms with Crippen molar-refractivity contribution in [3.05, 3.63) is 12.2 Å². The van der Waals surface area contributed by atoms with E-state index < -0.39 is 11.9 Å². The Labute approximate surface area is 132 Å². The fraction of sp³-hybridized carbons (Fsp3) is 0.765. The van der Waals surface area contributed by atoms with Gasteiger partial charge in [0.05, 0.1) is 0 Å². The van der Waals surface area contributed by atoms with Crippen LogP contribution < -0.4 is 5.73 Å². The minimum absolute atomic E-state index is 0.538. The van der Waals surface area contributed by atoms with Gasteiger partial charge in [0.15, 0.2) is 0 Å². The van der Waals surface area contributed by atoms with Crippen LogP contribution in [0.4, 0.5) is 0 Å². The molecule has 0 bridgehead atoms. The van der Waals surface area contributed by atoms with Gasteiger partial charge in [0.1, 0.15) is 0 Å². The summed E-state index contributed by atoms with van der Waals surface area (Å²) >= 11 is 0. The summed E-state index contributed by atoms with van der Waals surface area (Å²) < 4.78 is 0. The molecule has 22 heavy (non-hydrogen) atoms. The molecule has 0 aliphatic heterocycles. The summed E-state index contributed by atoms with van der Waals surface area (Å²) in [5.74, 6) is -0.779. The number of nitrogens with two attached hydrogens (primary N) is 1. The lowest BCUT2D eigenvalue weighted by Crippen LogP contribution is -2.39. The van der Waals surface area contributed by atoms with E-state index in [4.69, 9.17) is 15.9 Å². The second-order valence-electron chi connectivity index (χ2n) is 6.38. The van der Waals surface area contributed by atoms with Gasteiger partial charge in [-0.05, 0) is 37.5 Å². The average molecular weight is 311 g/mol. The summed E-state index contributed by atoms with van der Waals surface area (Å²) in [7, 11) is 0. The van der Waals surface area contributed by atoms with Gasteiger partial charge in [0.25, 0.3) is 0 Å². The SMILES string of the molecule is NC(C1CCCCC1)C1CCCCC1.O=C(O)C=CC(=O)O. The molecular formula is C17H29NO4. The van der Waals surface area contributed by atoms with Gasteiger partial charge in [-0.2, -0.15) is 0 Å². The Morgan fingerprint density at radius 1 is 0.773 bits per heavy atom. The largest absolute Gasteiger partial charge is 0.478 e. The van der Waals surface area contributed by atoms with Gasteiger partial charge in [-0.3, -0.25) is 0 Å². The second kappa shape index (κ2) is 10.4. The highest BCUT2D eigenvalue weighted by atomic mass is 16.4. The fourth-order valence-electron chi connectivity index (χ4n) is 3.57. The maximum absolute atomic E-state index is 9.55. The third-order valence-electron chi connectivity index (χ3n) is 4.76. The number of aliphatic carboxylic acids is 2. The molecule has 0 aromatic heterocycles. The summed E-state index contributed by atoms with van der Waals surface area (Å²) in [5.41, 5.74) is 6.42. The molecule has 0 amide bonds. The molecule has 0 saturated heterocycles. The Hall–Kier alpha value is -1.36. The molecular weight excluding hydrogens is 282 g/mol. The third kappa shape index (κ3) is 7.59. The third-order valence-corrected chi connectivity index (χ3v) is 4.76. The molecule has 0 aromatic rings. The van der Waals surface area contributed by atoms with Crippen LogP contribution in [0.2, 0.25) is 0 Å². The number of carboxylic acid groups (broad SMARTS) is 2. The smallest absolute Gasteiger partial charge is 0.328 e. The first-order chi connectivity index (χ1) is 10.5. The zero-order chi connectivity index (χ0) is 16.4. The van der Waals surface area contributed by atoms with Gasteiger partial charge in [-0.1, -0.05) is 38.5 Å². The predicted octanol–water partition coefficient (Wildman–Crippen LogP) is 3.19. The standard InChI is InChI=1S/C13H25N.C4H4O4/c14-13(11-7-3-1-4-8-11)12-9-5-2-6-10-12;5-3(6)1-2-4(7)8/h11-13H,1-10,14H2;1-2H,(H,5,6)(H,7,8). The molecule has 0 heterocycles. The Bertz CT molecular complexity index is 335. The molecule has 0 spiro atoms.